The molecule has 2 N–H and O–H groups in total. The molecule has 20 heavy (non-hydrogen) atoms. The quantitative estimate of drug-likeness (QED) is 0.929. The lowest BCUT2D eigenvalue weighted by Gasteiger charge is -2.11. The van der Waals surface area contributed by atoms with E-state index in [1.54, 1.807) is 0 Å². The molecule has 4 nitrogen and oxygen atoms in total. The van der Waals surface area contributed by atoms with E-state index >= 15 is 0 Å². The van der Waals surface area contributed by atoms with Gasteiger partial charge in [-0.1, -0.05) is 64.0 Å². The van der Waals surface area contributed by atoms with Crippen LogP contribution in [0.4, 0.5) is 0 Å². The topological polar surface area (TPSA) is 64.9 Å². The van der Waals surface area contributed by atoms with Gasteiger partial charge in [0, 0.05) is 5.41 Å². The lowest BCUT2D eigenvalue weighted by Crippen LogP contribution is -2.15. The molecule has 108 valence electrons. The largest absolute Gasteiger partial charge is 0.339 e. The lowest BCUT2D eigenvalue weighted by molar-refractivity contribution is 0.317. The molecule has 0 aliphatic rings. The normalized spacial score (nSPS) is 13.8. The van der Waals surface area contributed by atoms with Crippen molar-refractivity contribution in [2.24, 2.45) is 5.73 Å². The summed E-state index contributed by atoms with van der Waals surface area (Å²) in [5.74, 6) is 1.66. The van der Waals surface area contributed by atoms with Crippen molar-refractivity contribution in [2.75, 3.05) is 0 Å². The van der Waals surface area contributed by atoms with E-state index in [1.807, 2.05) is 32.9 Å². The highest BCUT2D eigenvalue weighted by Gasteiger charge is 2.24. The molecule has 1 aromatic heterocycles. The van der Waals surface area contributed by atoms with E-state index in [0.29, 0.717) is 17.6 Å². The third-order valence-electron chi connectivity index (χ3n) is 3.32. The van der Waals surface area contributed by atoms with Crippen LogP contribution in [0.2, 0.25) is 0 Å². The zero-order valence-corrected chi connectivity index (χ0v) is 12.8. The second-order valence-corrected chi connectivity index (χ2v) is 6.51. The van der Waals surface area contributed by atoms with Gasteiger partial charge in [-0.15, -0.1) is 0 Å². The third-order valence-corrected chi connectivity index (χ3v) is 3.32. The van der Waals surface area contributed by atoms with Crippen molar-refractivity contribution in [1.29, 1.82) is 0 Å². The molecule has 0 bridgehead atoms. The van der Waals surface area contributed by atoms with Gasteiger partial charge in [-0.05, 0) is 17.0 Å². The van der Waals surface area contributed by atoms with Gasteiger partial charge in [0.15, 0.2) is 5.82 Å². The molecule has 1 aromatic carbocycles. The molecular formula is C16H23N3O. The summed E-state index contributed by atoms with van der Waals surface area (Å²) < 4.78 is 5.29. The Morgan fingerprint density at radius 1 is 1.05 bits per heavy atom. The van der Waals surface area contributed by atoms with Crippen molar-refractivity contribution in [3.8, 4) is 0 Å². The standard InChI is InChI=1S/C16H23N3O/c1-10(2)11-6-8-12(9-7-11)13(17)14-18-15(20-19-14)16(3,4)5/h6-10,13H,17H2,1-5H3. The SMILES string of the molecule is CC(C)c1ccc(C(N)c2noc(C(C)(C)C)n2)cc1. The van der Waals surface area contributed by atoms with Crippen molar-refractivity contribution >= 4 is 0 Å². The molecule has 1 atom stereocenters. The molecule has 1 unspecified atom stereocenters. The molecular weight excluding hydrogens is 250 g/mol. The number of hydrogen-bond donors (Lipinski definition) is 1. The third kappa shape index (κ3) is 3.07. The van der Waals surface area contributed by atoms with Crippen LogP contribution in [-0.4, -0.2) is 10.1 Å². The molecule has 0 amide bonds. The summed E-state index contributed by atoms with van der Waals surface area (Å²) in [6.45, 7) is 10.4. The maximum absolute atomic E-state index is 6.21. The van der Waals surface area contributed by atoms with Crippen LogP contribution in [-0.2, 0) is 5.41 Å². The van der Waals surface area contributed by atoms with Crippen LogP contribution in [0, 0.1) is 0 Å². The number of benzene rings is 1. The van der Waals surface area contributed by atoms with Crippen molar-refractivity contribution < 1.29 is 4.52 Å². The Bertz CT molecular complexity index is 564. The van der Waals surface area contributed by atoms with Crippen molar-refractivity contribution in [3.63, 3.8) is 0 Å². The molecule has 1 heterocycles. The zero-order chi connectivity index (χ0) is 14.9. The minimum atomic E-state index is -0.351. The molecule has 0 spiro atoms. The molecule has 0 saturated carbocycles. The smallest absolute Gasteiger partial charge is 0.232 e. The van der Waals surface area contributed by atoms with E-state index in [1.165, 1.54) is 5.56 Å². The molecule has 0 radical (unpaired) electrons. The Labute approximate surface area is 120 Å². The summed E-state index contributed by atoms with van der Waals surface area (Å²) in [7, 11) is 0. The molecule has 4 heteroatoms. The Hall–Kier alpha value is -1.68. The molecule has 0 saturated heterocycles. The average molecular weight is 273 g/mol. The first kappa shape index (κ1) is 14.7. The molecule has 0 aliphatic heterocycles. The zero-order valence-electron chi connectivity index (χ0n) is 12.8. The van der Waals surface area contributed by atoms with Gasteiger partial charge in [-0.3, -0.25) is 0 Å². The fourth-order valence-electron chi connectivity index (χ4n) is 1.90. The summed E-state index contributed by atoms with van der Waals surface area (Å²) in [5, 5.41) is 4.01. The molecule has 2 rings (SSSR count). The summed E-state index contributed by atoms with van der Waals surface area (Å²) in [6.07, 6.45) is 0. The molecule has 0 fully saturated rings. The highest BCUT2D eigenvalue weighted by atomic mass is 16.5. The van der Waals surface area contributed by atoms with Crippen LogP contribution in [0.1, 0.15) is 69.4 Å². The first-order valence-corrected chi connectivity index (χ1v) is 6.98. The summed E-state index contributed by atoms with van der Waals surface area (Å²) >= 11 is 0. The second kappa shape index (κ2) is 5.37. The fraction of sp³-hybridized carbons (Fsp3) is 0.500. The van der Waals surface area contributed by atoms with E-state index in [4.69, 9.17) is 10.3 Å². The van der Waals surface area contributed by atoms with Crippen molar-refractivity contribution in [3.05, 3.63) is 47.1 Å². The van der Waals surface area contributed by atoms with Crippen LogP contribution < -0.4 is 5.73 Å². The monoisotopic (exact) mass is 273 g/mol. The average Bonchev–Trinajstić information content (AvgIpc) is 2.87. The van der Waals surface area contributed by atoms with Crippen LogP contribution in [0.25, 0.3) is 0 Å². The van der Waals surface area contributed by atoms with Gasteiger partial charge in [-0.25, -0.2) is 0 Å². The number of nitrogens with two attached hydrogens (primary N) is 1. The highest BCUT2D eigenvalue weighted by Crippen LogP contribution is 2.24. The van der Waals surface area contributed by atoms with Crippen LogP contribution in [0.15, 0.2) is 28.8 Å². The Balaban J connectivity index is 2.22. The minimum Gasteiger partial charge on any atom is -0.339 e. The lowest BCUT2D eigenvalue weighted by atomic mass is 9.97. The summed E-state index contributed by atoms with van der Waals surface area (Å²) in [4.78, 5) is 4.41. The van der Waals surface area contributed by atoms with Gasteiger partial charge in [0.25, 0.3) is 0 Å². The predicted molar refractivity (Wildman–Crippen MR) is 79.6 cm³/mol. The second-order valence-electron chi connectivity index (χ2n) is 6.51. The van der Waals surface area contributed by atoms with E-state index in [0.717, 1.165) is 5.56 Å². The van der Waals surface area contributed by atoms with E-state index in [2.05, 4.69) is 36.1 Å². The van der Waals surface area contributed by atoms with Gasteiger partial charge in [-0.2, -0.15) is 4.98 Å². The molecule has 0 aliphatic carbocycles. The number of aromatic nitrogens is 2. The summed E-state index contributed by atoms with van der Waals surface area (Å²) in [5.41, 5.74) is 8.35. The first-order chi connectivity index (χ1) is 9.29. The highest BCUT2D eigenvalue weighted by molar-refractivity contribution is 5.29. The van der Waals surface area contributed by atoms with Crippen LogP contribution in [0.5, 0.6) is 0 Å². The van der Waals surface area contributed by atoms with Crippen LogP contribution in [0.3, 0.4) is 0 Å². The summed E-state index contributed by atoms with van der Waals surface area (Å²) in [6, 6.07) is 7.92. The maximum atomic E-state index is 6.21. The first-order valence-electron chi connectivity index (χ1n) is 6.98. The number of nitrogens with zero attached hydrogens (tertiary/aromatic N) is 2. The van der Waals surface area contributed by atoms with Crippen molar-refractivity contribution in [2.45, 2.75) is 52.0 Å². The number of rotatable bonds is 3. The fourth-order valence-corrected chi connectivity index (χ4v) is 1.90. The van der Waals surface area contributed by atoms with Crippen molar-refractivity contribution in [1.82, 2.24) is 10.1 Å². The van der Waals surface area contributed by atoms with Crippen LogP contribution >= 0.6 is 0 Å². The maximum Gasteiger partial charge on any atom is 0.232 e. The van der Waals surface area contributed by atoms with E-state index in [9.17, 15) is 0 Å². The van der Waals surface area contributed by atoms with E-state index < -0.39 is 0 Å². The minimum absolute atomic E-state index is 0.160. The number of hydrogen-bond acceptors (Lipinski definition) is 4. The molecule has 2 aromatic rings. The van der Waals surface area contributed by atoms with Gasteiger partial charge < -0.3 is 10.3 Å². The van der Waals surface area contributed by atoms with E-state index in [-0.39, 0.29) is 11.5 Å². The Morgan fingerprint density at radius 3 is 2.05 bits per heavy atom. The van der Waals surface area contributed by atoms with Gasteiger partial charge in [0.05, 0.1) is 6.04 Å². The Kier molecular flexibility index (Phi) is 3.95. The predicted octanol–water partition coefficient (Wildman–Crippen LogP) is 3.54. The van der Waals surface area contributed by atoms with Gasteiger partial charge in [0.2, 0.25) is 5.89 Å². The van der Waals surface area contributed by atoms with Gasteiger partial charge >= 0.3 is 0 Å². The Morgan fingerprint density at radius 2 is 1.60 bits per heavy atom. The van der Waals surface area contributed by atoms with Gasteiger partial charge in [0.1, 0.15) is 0 Å².